The van der Waals surface area contributed by atoms with Crippen LogP contribution in [0.15, 0.2) is 170 Å². The van der Waals surface area contributed by atoms with Crippen molar-refractivity contribution in [1.82, 2.24) is 9.13 Å². The van der Waals surface area contributed by atoms with E-state index in [4.69, 9.17) is 6.85 Å². The second-order valence-corrected chi connectivity index (χ2v) is 14.9. The summed E-state index contributed by atoms with van der Waals surface area (Å²) in [6.45, 7) is 4.32. The highest BCUT2D eigenvalue weighted by molar-refractivity contribution is 6.13. The van der Waals surface area contributed by atoms with Crippen molar-refractivity contribution >= 4 is 43.6 Å². The highest BCUT2D eigenvalue weighted by Crippen LogP contribution is 2.53. The second-order valence-electron chi connectivity index (χ2n) is 14.9. The van der Waals surface area contributed by atoms with Gasteiger partial charge in [0, 0.05) is 44.4 Å². The largest absolute Gasteiger partial charge is 0.309 e. The molecule has 0 saturated carbocycles. The van der Waals surface area contributed by atoms with Gasteiger partial charge in [-0.2, -0.15) is 0 Å². The van der Waals surface area contributed by atoms with Gasteiger partial charge in [-0.15, -0.1) is 0 Å². The number of hydrogen-bond donors (Lipinski definition) is 0. The van der Waals surface area contributed by atoms with Crippen LogP contribution in [0, 0.1) is 11.6 Å². The van der Waals surface area contributed by atoms with Gasteiger partial charge in [-0.25, -0.2) is 8.78 Å². The van der Waals surface area contributed by atoms with E-state index in [1.54, 1.807) is 0 Å². The summed E-state index contributed by atoms with van der Waals surface area (Å²) in [4.78, 5) is 0. The summed E-state index contributed by atoms with van der Waals surface area (Å²) in [7, 11) is 0. The van der Waals surface area contributed by atoms with E-state index in [9.17, 15) is 4.39 Å². The quantitative estimate of drug-likeness (QED) is 0.172. The Bertz CT molecular complexity index is 3470. The molecule has 10 aromatic rings. The average Bonchev–Trinajstić information content (AvgIpc) is 3.85. The lowest BCUT2D eigenvalue weighted by Gasteiger charge is -2.22. The first-order valence-corrected chi connectivity index (χ1v) is 18.3. The van der Waals surface area contributed by atoms with Crippen LogP contribution in [0.4, 0.5) is 8.78 Å². The molecule has 0 aliphatic heterocycles. The summed E-state index contributed by atoms with van der Waals surface area (Å²) >= 11 is 0. The number of rotatable bonds is 4. The van der Waals surface area contributed by atoms with Crippen molar-refractivity contribution < 1.29 is 15.6 Å². The van der Waals surface area contributed by atoms with Gasteiger partial charge >= 0.3 is 0 Å². The summed E-state index contributed by atoms with van der Waals surface area (Å²) in [5.74, 6) is -1.25. The maximum atomic E-state index is 15.6. The molecule has 262 valence electrons. The topological polar surface area (TPSA) is 9.86 Å². The van der Waals surface area contributed by atoms with E-state index in [1.807, 2.05) is 77.4 Å². The molecule has 0 unspecified atom stereocenters. The Balaban J connectivity index is 1.10. The summed E-state index contributed by atoms with van der Waals surface area (Å²) in [6.07, 6.45) is 0. The molecule has 11 rings (SSSR count). The van der Waals surface area contributed by atoms with E-state index in [2.05, 4.69) is 73.0 Å². The molecule has 1 aliphatic rings. The first-order chi connectivity index (χ1) is 28.9. The van der Waals surface area contributed by atoms with Crippen molar-refractivity contribution in [3.05, 3.63) is 192 Å². The van der Waals surface area contributed by atoms with Crippen LogP contribution in [0.5, 0.6) is 0 Å². The van der Waals surface area contributed by atoms with E-state index in [0.717, 1.165) is 83.5 Å². The maximum Gasteiger partial charge on any atom is 0.150 e. The van der Waals surface area contributed by atoms with Gasteiger partial charge in [-0.05, 0) is 105 Å². The molecule has 2 nitrogen and oxygen atoms in total. The van der Waals surface area contributed by atoms with E-state index >= 15 is 4.39 Å². The molecule has 0 atom stereocenters. The number of hydrogen-bond acceptors (Lipinski definition) is 0. The minimum atomic E-state index is -0.629. The molecule has 8 aromatic carbocycles. The molecule has 0 fully saturated rings. The van der Waals surface area contributed by atoms with Gasteiger partial charge in [-0.3, -0.25) is 0 Å². The van der Waals surface area contributed by atoms with Gasteiger partial charge in [0.05, 0.1) is 28.9 Å². The van der Waals surface area contributed by atoms with Crippen LogP contribution in [0.1, 0.15) is 31.8 Å². The number of benzene rings is 8. The predicted molar refractivity (Wildman–Crippen MR) is 223 cm³/mol. The van der Waals surface area contributed by atoms with Crippen LogP contribution in [0.25, 0.3) is 88.4 Å². The van der Waals surface area contributed by atoms with Gasteiger partial charge in [0.15, 0.2) is 5.82 Å². The van der Waals surface area contributed by atoms with Crippen LogP contribution >= 0.6 is 0 Å². The molecular formula is C51H34F2N2. The fourth-order valence-corrected chi connectivity index (χ4v) is 9.05. The third-order valence-corrected chi connectivity index (χ3v) is 11.5. The molecule has 1 aliphatic carbocycles. The fourth-order valence-electron chi connectivity index (χ4n) is 9.05. The molecule has 0 spiro atoms. The molecular weight excluding hydrogens is 679 g/mol. The zero-order valence-corrected chi connectivity index (χ0v) is 29.9. The lowest BCUT2D eigenvalue weighted by Crippen LogP contribution is -2.15. The minimum Gasteiger partial charge on any atom is -0.309 e. The predicted octanol–water partition coefficient (Wildman–Crippen LogP) is 13.8. The zero-order valence-electron chi connectivity index (χ0n) is 34.9. The SMILES string of the molecule is [2H]c1c([2H])c([2H])c(-c2cccc3c2-c2cc(-n4c5ccccc5c5cc(-c6ccc7c(c6)c6cc(F)cc(F)c6n7-c6ccccc6)ccc54)ccc2C3(C)C)c([2H])c1[2H]. The van der Waals surface area contributed by atoms with Crippen molar-refractivity contribution in [3.63, 3.8) is 0 Å². The molecule has 0 amide bonds. The highest BCUT2D eigenvalue weighted by Gasteiger charge is 2.37. The molecule has 4 heteroatoms. The molecule has 0 radical (unpaired) electrons. The number of para-hydroxylation sites is 2. The maximum absolute atomic E-state index is 15.6. The Kier molecular flexibility index (Phi) is 5.68. The zero-order chi connectivity index (χ0) is 41.4. The van der Waals surface area contributed by atoms with E-state index in [-0.39, 0.29) is 29.7 Å². The number of fused-ring (bicyclic) bond motifs is 9. The monoisotopic (exact) mass is 717 g/mol. The third kappa shape index (κ3) is 4.58. The van der Waals surface area contributed by atoms with E-state index in [0.29, 0.717) is 16.5 Å². The van der Waals surface area contributed by atoms with E-state index < -0.39 is 23.1 Å². The van der Waals surface area contributed by atoms with Crippen LogP contribution in [0.2, 0.25) is 0 Å². The van der Waals surface area contributed by atoms with Gasteiger partial charge in [-0.1, -0.05) is 117 Å². The summed E-state index contributed by atoms with van der Waals surface area (Å²) in [6, 6.07) is 43.2. The van der Waals surface area contributed by atoms with Crippen LogP contribution < -0.4 is 0 Å². The van der Waals surface area contributed by atoms with Crippen molar-refractivity contribution in [1.29, 1.82) is 0 Å². The molecule has 0 bridgehead atoms. The molecule has 2 aromatic heterocycles. The minimum absolute atomic E-state index is 0.189. The molecule has 2 heterocycles. The Labute approximate surface area is 324 Å². The Morgan fingerprint density at radius 3 is 1.96 bits per heavy atom. The second kappa shape index (κ2) is 11.6. The molecule has 0 saturated heterocycles. The Morgan fingerprint density at radius 2 is 1.18 bits per heavy atom. The average molecular weight is 718 g/mol. The first kappa shape index (κ1) is 26.9. The van der Waals surface area contributed by atoms with Crippen LogP contribution in [-0.4, -0.2) is 9.13 Å². The van der Waals surface area contributed by atoms with E-state index in [1.165, 1.54) is 6.07 Å². The fraction of sp³-hybridized carbons (Fsp3) is 0.0588. The standard InChI is InChI=1S/C51H34F2N2/c1-51(2)43-23-22-36(30-42(43)49-37(17-11-18-44(49)51)31-12-5-3-6-13-31)54-46-19-10-9-16-38(46)39-26-32(20-24-47(39)54)33-21-25-48-40(27-33)41-28-34(52)29-45(53)50(41)55(48)35-14-7-4-8-15-35/h3-30H,1-2H3/i3D,5D,6D,12D,13D. The van der Waals surface area contributed by atoms with Crippen molar-refractivity contribution in [2.75, 3.05) is 0 Å². The van der Waals surface area contributed by atoms with Gasteiger partial charge < -0.3 is 9.13 Å². The van der Waals surface area contributed by atoms with Gasteiger partial charge in [0.2, 0.25) is 0 Å². The number of aromatic nitrogens is 2. The first-order valence-electron chi connectivity index (χ1n) is 20.8. The lowest BCUT2D eigenvalue weighted by molar-refractivity contribution is 0.590. The van der Waals surface area contributed by atoms with Crippen molar-refractivity contribution in [3.8, 4) is 44.8 Å². The molecule has 0 N–H and O–H groups in total. The number of nitrogens with zero attached hydrogens (tertiary/aromatic N) is 2. The van der Waals surface area contributed by atoms with Crippen molar-refractivity contribution in [2.45, 2.75) is 19.3 Å². The summed E-state index contributed by atoms with van der Waals surface area (Å²) in [5, 5.41) is 3.34. The van der Waals surface area contributed by atoms with Crippen molar-refractivity contribution in [2.24, 2.45) is 0 Å². The van der Waals surface area contributed by atoms with Gasteiger partial charge in [0.25, 0.3) is 0 Å². The Morgan fingerprint density at radius 1 is 0.491 bits per heavy atom. The highest BCUT2D eigenvalue weighted by atomic mass is 19.1. The lowest BCUT2D eigenvalue weighted by atomic mass is 9.82. The van der Waals surface area contributed by atoms with Gasteiger partial charge in [0.1, 0.15) is 5.82 Å². The van der Waals surface area contributed by atoms with Crippen LogP contribution in [-0.2, 0) is 5.41 Å². The summed E-state index contributed by atoms with van der Waals surface area (Å²) < 4.78 is 77.3. The Hall–Kier alpha value is -6.78. The number of halogens is 2. The summed E-state index contributed by atoms with van der Waals surface area (Å²) in [5.41, 5.74) is 11.0. The third-order valence-electron chi connectivity index (χ3n) is 11.5. The smallest absolute Gasteiger partial charge is 0.150 e. The normalized spacial score (nSPS) is 14.5. The van der Waals surface area contributed by atoms with Crippen LogP contribution in [0.3, 0.4) is 0 Å². The molecule has 55 heavy (non-hydrogen) atoms.